The van der Waals surface area contributed by atoms with E-state index in [1.165, 1.54) is 0 Å². The van der Waals surface area contributed by atoms with Gasteiger partial charge in [0.1, 0.15) is 5.15 Å². The second kappa shape index (κ2) is 7.98. The maximum absolute atomic E-state index is 10.7. The standard InChI is InChI=1S/C22H15ClN2O9/c23-9-6-8(24-22(25-9)7-4-2-1-3-5-7)10-13(26)15(28)11(16(29)14(10)27)12-17(30)19(32)21(34)20(33)18(12)31/h1-6,26-34H. The maximum atomic E-state index is 10.7. The van der Waals surface area contributed by atoms with Gasteiger partial charge >= 0.3 is 0 Å². The largest absolute Gasteiger partial charge is 0.504 e. The van der Waals surface area contributed by atoms with E-state index >= 15 is 0 Å². The van der Waals surface area contributed by atoms with Crippen molar-refractivity contribution in [3.63, 3.8) is 0 Å². The van der Waals surface area contributed by atoms with Gasteiger partial charge in [-0.25, -0.2) is 9.97 Å². The van der Waals surface area contributed by atoms with E-state index in [1.54, 1.807) is 30.3 Å². The normalized spacial score (nSPS) is 11.0. The third-order valence-corrected chi connectivity index (χ3v) is 5.19. The van der Waals surface area contributed by atoms with E-state index in [9.17, 15) is 46.0 Å². The van der Waals surface area contributed by atoms with E-state index in [-0.39, 0.29) is 16.7 Å². The molecule has 0 aliphatic carbocycles. The SMILES string of the molecule is Oc1c(O)c(O)c(-c2c(O)c(O)c(-c3cc(Cl)nc(-c4ccccc4)n3)c(O)c2O)c(O)c1O. The number of aromatic nitrogens is 2. The summed E-state index contributed by atoms with van der Waals surface area (Å²) in [5.41, 5.74) is -2.23. The van der Waals surface area contributed by atoms with E-state index in [0.717, 1.165) is 6.07 Å². The molecule has 0 radical (unpaired) electrons. The number of halogens is 1. The van der Waals surface area contributed by atoms with Crippen molar-refractivity contribution in [1.29, 1.82) is 0 Å². The molecule has 11 nitrogen and oxygen atoms in total. The fourth-order valence-corrected chi connectivity index (χ4v) is 3.54. The Morgan fingerprint density at radius 1 is 0.500 bits per heavy atom. The molecule has 4 aromatic rings. The summed E-state index contributed by atoms with van der Waals surface area (Å²) in [5, 5.41) is 91.9. The van der Waals surface area contributed by atoms with Crippen LogP contribution in [0.5, 0.6) is 51.7 Å². The first-order valence-electron chi connectivity index (χ1n) is 9.33. The Morgan fingerprint density at radius 2 is 0.912 bits per heavy atom. The highest BCUT2D eigenvalue weighted by Crippen LogP contribution is 2.62. The second-order valence-electron chi connectivity index (χ2n) is 7.03. The van der Waals surface area contributed by atoms with Crippen molar-refractivity contribution < 1.29 is 46.0 Å². The molecule has 0 saturated heterocycles. The van der Waals surface area contributed by atoms with Gasteiger partial charge in [0.2, 0.25) is 17.2 Å². The summed E-state index contributed by atoms with van der Waals surface area (Å²) < 4.78 is 0. The Bertz CT molecular complexity index is 1400. The van der Waals surface area contributed by atoms with Crippen molar-refractivity contribution in [2.75, 3.05) is 0 Å². The smallest absolute Gasteiger partial charge is 0.208 e. The third-order valence-electron chi connectivity index (χ3n) is 5.00. The van der Waals surface area contributed by atoms with Gasteiger partial charge in [-0.15, -0.1) is 0 Å². The molecule has 0 unspecified atom stereocenters. The lowest BCUT2D eigenvalue weighted by atomic mass is 9.95. The molecule has 0 aliphatic heterocycles. The minimum atomic E-state index is -1.30. The number of rotatable bonds is 3. The van der Waals surface area contributed by atoms with Crippen LogP contribution >= 0.6 is 11.6 Å². The summed E-state index contributed by atoms with van der Waals surface area (Å²) in [4.78, 5) is 8.28. The van der Waals surface area contributed by atoms with Crippen LogP contribution in [0.4, 0.5) is 0 Å². The average Bonchev–Trinajstić information content (AvgIpc) is 2.82. The Kier molecular flexibility index (Phi) is 5.26. The summed E-state index contributed by atoms with van der Waals surface area (Å²) in [6.07, 6.45) is 0. The highest BCUT2D eigenvalue weighted by Gasteiger charge is 2.33. The van der Waals surface area contributed by atoms with E-state index in [1.807, 2.05) is 0 Å². The van der Waals surface area contributed by atoms with Crippen molar-refractivity contribution in [1.82, 2.24) is 9.97 Å². The highest BCUT2D eigenvalue weighted by atomic mass is 35.5. The summed E-state index contributed by atoms with van der Waals surface area (Å²) in [6, 6.07) is 9.65. The van der Waals surface area contributed by atoms with Gasteiger partial charge in [-0.2, -0.15) is 0 Å². The van der Waals surface area contributed by atoms with Crippen molar-refractivity contribution in [2.24, 2.45) is 0 Å². The van der Waals surface area contributed by atoms with Crippen molar-refractivity contribution >= 4 is 11.6 Å². The maximum Gasteiger partial charge on any atom is 0.208 e. The van der Waals surface area contributed by atoms with Crippen LogP contribution in [0.3, 0.4) is 0 Å². The monoisotopic (exact) mass is 486 g/mol. The van der Waals surface area contributed by atoms with Gasteiger partial charge in [0.15, 0.2) is 40.3 Å². The lowest BCUT2D eigenvalue weighted by molar-refractivity contribution is 0.329. The van der Waals surface area contributed by atoms with Crippen LogP contribution in [0, 0.1) is 0 Å². The molecule has 9 N–H and O–H groups in total. The fraction of sp³-hybridized carbons (Fsp3) is 0. The lowest BCUT2D eigenvalue weighted by Crippen LogP contribution is -1.95. The fourth-order valence-electron chi connectivity index (χ4n) is 3.36. The number of hydrogen-bond donors (Lipinski definition) is 9. The van der Waals surface area contributed by atoms with Crippen molar-refractivity contribution in [2.45, 2.75) is 0 Å². The molecule has 12 heteroatoms. The number of hydrogen-bond acceptors (Lipinski definition) is 11. The van der Waals surface area contributed by atoms with Gasteiger partial charge in [-0.05, 0) is 0 Å². The molecule has 3 aromatic carbocycles. The second-order valence-corrected chi connectivity index (χ2v) is 7.42. The van der Waals surface area contributed by atoms with Gasteiger partial charge in [0.25, 0.3) is 0 Å². The van der Waals surface area contributed by atoms with Gasteiger partial charge in [0, 0.05) is 11.6 Å². The summed E-state index contributed by atoms with van der Waals surface area (Å²) in [6.45, 7) is 0. The number of phenolic OH excluding ortho intramolecular Hbond substituents is 9. The molecule has 4 rings (SSSR count). The Hall–Kier alpha value is -4.77. The lowest BCUT2D eigenvalue weighted by Gasteiger charge is -2.18. The van der Waals surface area contributed by atoms with E-state index in [2.05, 4.69) is 9.97 Å². The molecule has 1 aromatic heterocycles. The quantitative estimate of drug-likeness (QED) is 0.116. The highest BCUT2D eigenvalue weighted by molar-refractivity contribution is 6.29. The average molecular weight is 487 g/mol. The zero-order valence-corrected chi connectivity index (χ0v) is 17.5. The molecule has 0 aliphatic rings. The molecule has 0 saturated carbocycles. The topological polar surface area (TPSA) is 208 Å². The Morgan fingerprint density at radius 3 is 1.41 bits per heavy atom. The third kappa shape index (κ3) is 3.31. The van der Waals surface area contributed by atoms with Crippen LogP contribution in [0.2, 0.25) is 5.15 Å². The van der Waals surface area contributed by atoms with Gasteiger partial charge in [0.05, 0.1) is 22.4 Å². The summed E-state index contributed by atoms with van der Waals surface area (Å²) in [5.74, 6) is -10.9. The number of aromatic hydroxyl groups is 9. The van der Waals surface area contributed by atoms with E-state index in [0.29, 0.717) is 5.56 Å². The first kappa shape index (κ1) is 22.4. The molecule has 0 bridgehead atoms. The first-order chi connectivity index (χ1) is 16.0. The van der Waals surface area contributed by atoms with Crippen LogP contribution in [0.1, 0.15) is 0 Å². The molecule has 1 heterocycles. The van der Waals surface area contributed by atoms with Crippen LogP contribution < -0.4 is 0 Å². The zero-order chi connectivity index (χ0) is 24.9. The van der Waals surface area contributed by atoms with Gasteiger partial charge < -0.3 is 46.0 Å². The number of benzene rings is 3. The van der Waals surface area contributed by atoms with Gasteiger partial charge in [-0.3, -0.25) is 0 Å². The number of phenols is 9. The zero-order valence-electron chi connectivity index (χ0n) is 16.8. The Balaban J connectivity index is 2.01. The van der Waals surface area contributed by atoms with Crippen LogP contribution in [0.15, 0.2) is 36.4 Å². The van der Waals surface area contributed by atoms with Crippen molar-refractivity contribution in [3.05, 3.63) is 41.6 Å². The van der Waals surface area contributed by atoms with Crippen LogP contribution in [-0.2, 0) is 0 Å². The molecular formula is C22H15ClN2O9. The molecule has 0 amide bonds. The Labute approximate surface area is 194 Å². The van der Waals surface area contributed by atoms with Crippen LogP contribution in [0.25, 0.3) is 33.8 Å². The molecule has 0 atom stereocenters. The first-order valence-corrected chi connectivity index (χ1v) is 9.71. The summed E-state index contributed by atoms with van der Waals surface area (Å²) >= 11 is 6.07. The molecular weight excluding hydrogens is 472 g/mol. The summed E-state index contributed by atoms with van der Waals surface area (Å²) in [7, 11) is 0. The minimum absolute atomic E-state index is 0.0913. The van der Waals surface area contributed by atoms with E-state index in [4.69, 9.17) is 11.6 Å². The molecule has 34 heavy (non-hydrogen) atoms. The minimum Gasteiger partial charge on any atom is -0.504 e. The van der Waals surface area contributed by atoms with E-state index < -0.39 is 68.4 Å². The van der Waals surface area contributed by atoms with Crippen LogP contribution in [-0.4, -0.2) is 55.9 Å². The molecule has 0 spiro atoms. The predicted molar refractivity (Wildman–Crippen MR) is 118 cm³/mol. The van der Waals surface area contributed by atoms with Gasteiger partial charge in [-0.1, -0.05) is 41.9 Å². The van der Waals surface area contributed by atoms with Crippen molar-refractivity contribution in [3.8, 4) is 85.5 Å². The molecule has 0 fully saturated rings. The molecule has 174 valence electrons. The predicted octanol–water partition coefficient (Wildman–Crippen LogP) is 3.48. The number of nitrogens with zero attached hydrogens (tertiary/aromatic N) is 2.